The highest BCUT2D eigenvalue weighted by atomic mass is 35.5. The number of halogens is 1. The molecule has 142 valence electrons. The van der Waals surface area contributed by atoms with Crippen LogP contribution in [0, 0.1) is 11.3 Å². The average molecular weight is 387 g/mol. The number of carbonyl (C=O) groups is 1. The van der Waals surface area contributed by atoms with E-state index in [-0.39, 0.29) is 12.3 Å². The van der Waals surface area contributed by atoms with Crippen LogP contribution in [0.3, 0.4) is 0 Å². The van der Waals surface area contributed by atoms with Gasteiger partial charge in [0, 0.05) is 11.6 Å². The summed E-state index contributed by atoms with van der Waals surface area (Å²) in [5, 5.41) is 11.8. The number of benzene rings is 2. The van der Waals surface area contributed by atoms with E-state index in [9.17, 15) is 4.79 Å². The van der Waals surface area contributed by atoms with Crippen molar-refractivity contribution in [2.75, 3.05) is 19.8 Å². The van der Waals surface area contributed by atoms with Crippen molar-refractivity contribution in [2.24, 2.45) is 0 Å². The van der Waals surface area contributed by atoms with Crippen molar-refractivity contribution in [3.05, 3.63) is 58.6 Å². The van der Waals surface area contributed by atoms with E-state index in [0.29, 0.717) is 37.0 Å². The summed E-state index contributed by atoms with van der Waals surface area (Å²) in [7, 11) is 0. The quantitative estimate of drug-likeness (QED) is 0.628. The molecule has 2 rings (SSSR count). The highest BCUT2D eigenvalue weighted by Crippen LogP contribution is 2.23. The molecule has 2 aromatic carbocycles. The number of nitrogens with one attached hydrogen (secondary N) is 1. The standard InChI is InChI=1S/C21H23ClN2O3/c1-2-16-3-6-19(7-4-16)26-13-14-27-20-8-5-18(22)15-17(20)10-12-24-21(25)9-11-23/h3-8,15H,2,9-10,12-14H2,1H3,(H,24,25). The first-order valence-corrected chi connectivity index (χ1v) is 9.26. The van der Waals surface area contributed by atoms with Gasteiger partial charge in [-0.25, -0.2) is 0 Å². The Morgan fingerprint density at radius 2 is 1.89 bits per heavy atom. The lowest BCUT2D eigenvalue weighted by atomic mass is 10.1. The molecule has 0 saturated carbocycles. The van der Waals surface area contributed by atoms with Crippen LogP contribution >= 0.6 is 11.6 Å². The minimum Gasteiger partial charge on any atom is -0.490 e. The molecule has 2 aromatic rings. The van der Waals surface area contributed by atoms with Crippen molar-refractivity contribution in [3.8, 4) is 17.6 Å². The molecule has 5 nitrogen and oxygen atoms in total. The molecule has 0 spiro atoms. The fourth-order valence-electron chi connectivity index (χ4n) is 2.49. The molecule has 1 amide bonds. The molecule has 1 N–H and O–H groups in total. The number of hydrogen-bond acceptors (Lipinski definition) is 4. The maximum Gasteiger partial charge on any atom is 0.234 e. The number of amides is 1. The number of ether oxygens (including phenoxy) is 2. The Morgan fingerprint density at radius 3 is 2.59 bits per heavy atom. The summed E-state index contributed by atoms with van der Waals surface area (Å²) in [6.07, 6.45) is 1.42. The molecule has 0 aromatic heterocycles. The van der Waals surface area contributed by atoms with Crippen LogP contribution in [-0.2, 0) is 17.6 Å². The van der Waals surface area contributed by atoms with Gasteiger partial charge >= 0.3 is 0 Å². The molecular weight excluding hydrogens is 364 g/mol. The monoisotopic (exact) mass is 386 g/mol. The zero-order chi connectivity index (χ0) is 19.5. The summed E-state index contributed by atoms with van der Waals surface area (Å²) in [5.41, 5.74) is 2.17. The first kappa shape index (κ1) is 20.6. The molecule has 6 heteroatoms. The maximum absolute atomic E-state index is 11.4. The largest absolute Gasteiger partial charge is 0.490 e. The number of aryl methyl sites for hydroxylation is 1. The van der Waals surface area contributed by atoms with Gasteiger partial charge in [-0.1, -0.05) is 30.7 Å². The summed E-state index contributed by atoms with van der Waals surface area (Å²) >= 11 is 6.06. The van der Waals surface area contributed by atoms with Crippen molar-refractivity contribution in [1.29, 1.82) is 5.26 Å². The Kier molecular flexibility index (Phi) is 8.47. The van der Waals surface area contributed by atoms with Gasteiger partial charge in [0.15, 0.2) is 0 Å². The molecule has 0 bridgehead atoms. The van der Waals surface area contributed by atoms with Gasteiger partial charge in [0.25, 0.3) is 0 Å². The third-order valence-electron chi connectivity index (χ3n) is 3.92. The topological polar surface area (TPSA) is 71.3 Å². The predicted octanol–water partition coefficient (Wildman–Crippen LogP) is 3.93. The Hall–Kier alpha value is -2.71. The van der Waals surface area contributed by atoms with E-state index in [2.05, 4.69) is 12.2 Å². The van der Waals surface area contributed by atoms with E-state index in [1.165, 1.54) is 5.56 Å². The van der Waals surface area contributed by atoms with E-state index >= 15 is 0 Å². The normalized spacial score (nSPS) is 10.1. The van der Waals surface area contributed by atoms with E-state index in [1.807, 2.05) is 42.5 Å². The summed E-state index contributed by atoms with van der Waals surface area (Å²) in [6.45, 7) is 3.34. The van der Waals surface area contributed by atoms with Crippen LogP contribution < -0.4 is 14.8 Å². The van der Waals surface area contributed by atoms with Crippen molar-refractivity contribution in [2.45, 2.75) is 26.2 Å². The van der Waals surface area contributed by atoms with Gasteiger partial charge in [-0.15, -0.1) is 0 Å². The second-order valence-corrected chi connectivity index (χ2v) is 6.32. The Labute approximate surface area is 164 Å². The summed E-state index contributed by atoms with van der Waals surface area (Å²) in [4.78, 5) is 11.4. The molecule has 0 heterocycles. The molecule has 0 aliphatic rings. The molecule has 0 saturated heterocycles. The molecule has 0 atom stereocenters. The molecule has 0 radical (unpaired) electrons. The van der Waals surface area contributed by atoms with Gasteiger partial charge in [-0.2, -0.15) is 5.26 Å². The smallest absolute Gasteiger partial charge is 0.234 e. The minimum atomic E-state index is -0.288. The van der Waals surface area contributed by atoms with Crippen molar-refractivity contribution in [3.63, 3.8) is 0 Å². The third kappa shape index (κ3) is 7.20. The van der Waals surface area contributed by atoms with E-state index < -0.39 is 0 Å². The van der Waals surface area contributed by atoms with E-state index in [0.717, 1.165) is 17.7 Å². The van der Waals surface area contributed by atoms with Gasteiger partial charge in [-0.05, 0) is 54.3 Å². The van der Waals surface area contributed by atoms with Crippen LogP contribution in [0.1, 0.15) is 24.5 Å². The van der Waals surface area contributed by atoms with Crippen LogP contribution in [0.5, 0.6) is 11.5 Å². The van der Waals surface area contributed by atoms with Crippen molar-refractivity contribution in [1.82, 2.24) is 5.32 Å². The minimum absolute atomic E-state index is 0.143. The lowest BCUT2D eigenvalue weighted by Gasteiger charge is -2.13. The molecule has 0 aliphatic heterocycles. The summed E-state index contributed by atoms with van der Waals surface area (Å²) in [5.74, 6) is 1.23. The number of rotatable bonds is 10. The molecule has 0 aliphatic carbocycles. The van der Waals surface area contributed by atoms with Crippen LogP contribution in [0.25, 0.3) is 0 Å². The molecular formula is C21H23ClN2O3. The fourth-order valence-corrected chi connectivity index (χ4v) is 2.68. The molecule has 27 heavy (non-hydrogen) atoms. The highest BCUT2D eigenvalue weighted by Gasteiger charge is 2.07. The number of nitriles is 1. The third-order valence-corrected chi connectivity index (χ3v) is 4.15. The van der Waals surface area contributed by atoms with Gasteiger partial charge in [0.2, 0.25) is 5.91 Å². The van der Waals surface area contributed by atoms with Crippen LogP contribution in [0.4, 0.5) is 0 Å². The first-order chi connectivity index (χ1) is 13.1. The van der Waals surface area contributed by atoms with Crippen molar-refractivity contribution < 1.29 is 14.3 Å². The van der Waals surface area contributed by atoms with Gasteiger partial charge < -0.3 is 14.8 Å². The Morgan fingerprint density at radius 1 is 1.15 bits per heavy atom. The second-order valence-electron chi connectivity index (χ2n) is 5.88. The van der Waals surface area contributed by atoms with Crippen LogP contribution in [0.15, 0.2) is 42.5 Å². The lowest BCUT2D eigenvalue weighted by molar-refractivity contribution is -0.120. The van der Waals surface area contributed by atoms with E-state index in [1.54, 1.807) is 6.07 Å². The second kappa shape index (κ2) is 11.1. The zero-order valence-electron chi connectivity index (χ0n) is 15.3. The molecule has 0 unspecified atom stereocenters. The van der Waals surface area contributed by atoms with Gasteiger partial charge in [0.1, 0.15) is 31.1 Å². The number of nitrogens with zero attached hydrogens (tertiary/aromatic N) is 1. The average Bonchev–Trinajstić information content (AvgIpc) is 2.67. The van der Waals surface area contributed by atoms with Crippen molar-refractivity contribution >= 4 is 17.5 Å². The highest BCUT2D eigenvalue weighted by molar-refractivity contribution is 6.30. The predicted molar refractivity (Wildman–Crippen MR) is 105 cm³/mol. The SMILES string of the molecule is CCc1ccc(OCCOc2ccc(Cl)cc2CCNC(=O)CC#N)cc1. The first-order valence-electron chi connectivity index (χ1n) is 8.89. The van der Waals surface area contributed by atoms with Crippen LogP contribution in [0.2, 0.25) is 5.02 Å². The fraction of sp³-hybridized carbons (Fsp3) is 0.333. The maximum atomic E-state index is 11.4. The van der Waals surface area contributed by atoms with E-state index in [4.69, 9.17) is 26.3 Å². The lowest BCUT2D eigenvalue weighted by Crippen LogP contribution is -2.25. The summed E-state index contributed by atoms with van der Waals surface area (Å²) in [6, 6.07) is 15.2. The Bertz CT molecular complexity index is 785. The number of hydrogen-bond donors (Lipinski definition) is 1. The molecule has 0 fully saturated rings. The summed E-state index contributed by atoms with van der Waals surface area (Å²) < 4.78 is 11.5. The number of carbonyl (C=O) groups excluding carboxylic acids is 1. The van der Waals surface area contributed by atoms with Gasteiger partial charge in [-0.3, -0.25) is 4.79 Å². The van der Waals surface area contributed by atoms with Crippen LogP contribution in [-0.4, -0.2) is 25.7 Å². The zero-order valence-corrected chi connectivity index (χ0v) is 16.1. The Balaban J connectivity index is 1.82. The van der Waals surface area contributed by atoms with Gasteiger partial charge in [0.05, 0.1) is 6.07 Å².